The average molecular weight is 364 g/mol. The van der Waals surface area contributed by atoms with Crippen molar-refractivity contribution in [3.8, 4) is 0 Å². The third-order valence-corrected chi connectivity index (χ3v) is 4.40. The zero-order valence-corrected chi connectivity index (χ0v) is 15.3. The van der Waals surface area contributed by atoms with Gasteiger partial charge in [0.2, 0.25) is 16.0 Å². The lowest BCUT2D eigenvalue weighted by molar-refractivity contribution is 0.425. The number of primary sulfonamides is 1. The Hall–Kier alpha value is -2.23. The Labute approximate surface area is 148 Å². The first kappa shape index (κ1) is 19.1. The van der Waals surface area contributed by atoms with E-state index in [1.807, 2.05) is 20.2 Å². The number of anilines is 2. The number of nitrogens with one attached hydrogen (secondary N) is 2. The first-order valence-electron chi connectivity index (χ1n) is 7.92. The molecule has 0 radical (unpaired) electrons. The lowest BCUT2D eigenvalue weighted by Gasteiger charge is -2.11. The van der Waals surface area contributed by atoms with E-state index < -0.39 is 10.0 Å². The van der Waals surface area contributed by atoms with Gasteiger partial charge in [0.05, 0.1) is 4.90 Å². The molecule has 0 amide bonds. The Morgan fingerprint density at radius 1 is 1.08 bits per heavy atom. The molecule has 1 aromatic carbocycles. The summed E-state index contributed by atoms with van der Waals surface area (Å²) in [5.74, 6) is 1.33. The lowest BCUT2D eigenvalue weighted by atomic mass is 10.1. The molecule has 0 aliphatic heterocycles. The standard InChI is InChI=1S/C16H24N6O2S/c1-22(2)12-11-18-15-8-10-20-16(21-15)19-9-7-13-3-5-14(6-4-13)25(17,23)24/h3-6,8,10H,7,9,11-12H2,1-2H3,(H2,17,23,24)(H2,18,19,20,21). The third-order valence-electron chi connectivity index (χ3n) is 3.47. The smallest absolute Gasteiger partial charge is 0.238 e. The van der Waals surface area contributed by atoms with E-state index in [1.54, 1.807) is 18.3 Å². The number of sulfonamides is 1. The van der Waals surface area contributed by atoms with Gasteiger partial charge in [-0.2, -0.15) is 4.98 Å². The fraction of sp³-hybridized carbons (Fsp3) is 0.375. The molecule has 2 rings (SSSR count). The van der Waals surface area contributed by atoms with Crippen molar-refractivity contribution in [1.29, 1.82) is 0 Å². The average Bonchev–Trinajstić information content (AvgIpc) is 2.55. The second kappa shape index (κ2) is 8.75. The summed E-state index contributed by atoms with van der Waals surface area (Å²) < 4.78 is 22.5. The number of benzene rings is 1. The molecule has 4 N–H and O–H groups in total. The topological polar surface area (TPSA) is 113 Å². The molecule has 0 aliphatic carbocycles. The molecule has 0 spiro atoms. The van der Waals surface area contributed by atoms with Gasteiger partial charge in [-0.1, -0.05) is 12.1 Å². The molecule has 25 heavy (non-hydrogen) atoms. The normalized spacial score (nSPS) is 11.5. The van der Waals surface area contributed by atoms with Crippen molar-refractivity contribution in [2.45, 2.75) is 11.3 Å². The second-order valence-corrected chi connectivity index (χ2v) is 7.42. The summed E-state index contributed by atoms with van der Waals surface area (Å²) in [7, 11) is 0.389. The summed E-state index contributed by atoms with van der Waals surface area (Å²) in [5, 5.41) is 11.5. The van der Waals surface area contributed by atoms with Gasteiger partial charge in [-0.25, -0.2) is 18.5 Å². The van der Waals surface area contributed by atoms with Crippen molar-refractivity contribution in [3.63, 3.8) is 0 Å². The molecule has 0 atom stereocenters. The van der Waals surface area contributed by atoms with E-state index in [9.17, 15) is 8.42 Å². The summed E-state index contributed by atoms with van der Waals surface area (Å²) in [6, 6.07) is 8.35. The van der Waals surface area contributed by atoms with Crippen LogP contribution in [0.3, 0.4) is 0 Å². The zero-order valence-electron chi connectivity index (χ0n) is 14.4. The van der Waals surface area contributed by atoms with Crippen LogP contribution in [0.25, 0.3) is 0 Å². The highest BCUT2D eigenvalue weighted by Crippen LogP contribution is 2.10. The quantitative estimate of drug-likeness (QED) is 0.602. The van der Waals surface area contributed by atoms with Gasteiger partial charge in [0.15, 0.2) is 0 Å². The fourth-order valence-corrected chi connectivity index (χ4v) is 2.63. The van der Waals surface area contributed by atoms with E-state index >= 15 is 0 Å². The van der Waals surface area contributed by atoms with Crippen molar-refractivity contribution in [3.05, 3.63) is 42.1 Å². The zero-order chi connectivity index (χ0) is 18.3. The summed E-state index contributed by atoms with van der Waals surface area (Å²) in [6.45, 7) is 2.36. The van der Waals surface area contributed by atoms with Crippen LogP contribution in [-0.2, 0) is 16.4 Å². The van der Waals surface area contributed by atoms with Crippen LogP contribution in [0.5, 0.6) is 0 Å². The van der Waals surface area contributed by atoms with Crippen molar-refractivity contribution >= 4 is 21.8 Å². The molecule has 136 valence electrons. The van der Waals surface area contributed by atoms with Gasteiger partial charge in [0.25, 0.3) is 0 Å². The van der Waals surface area contributed by atoms with E-state index in [2.05, 4.69) is 25.5 Å². The van der Waals surface area contributed by atoms with Gasteiger partial charge in [0.1, 0.15) is 5.82 Å². The maximum absolute atomic E-state index is 11.2. The molecule has 2 aromatic rings. The summed E-state index contributed by atoms with van der Waals surface area (Å²) in [4.78, 5) is 10.8. The molecule has 0 unspecified atom stereocenters. The Bertz CT molecular complexity index is 777. The molecule has 0 saturated carbocycles. The van der Waals surface area contributed by atoms with Crippen molar-refractivity contribution in [1.82, 2.24) is 14.9 Å². The molecule has 0 fully saturated rings. The van der Waals surface area contributed by atoms with Crippen molar-refractivity contribution in [2.75, 3.05) is 44.4 Å². The minimum absolute atomic E-state index is 0.115. The Morgan fingerprint density at radius 3 is 2.44 bits per heavy atom. The predicted molar refractivity (Wildman–Crippen MR) is 99.1 cm³/mol. The third kappa shape index (κ3) is 6.65. The number of nitrogens with two attached hydrogens (primary N) is 1. The highest BCUT2D eigenvalue weighted by atomic mass is 32.2. The fourth-order valence-electron chi connectivity index (χ4n) is 2.11. The molecule has 1 heterocycles. The van der Waals surface area contributed by atoms with Crippen LogP contribution in [0.4, 0.5) is 11.8 Å². The van der Waals surface area contributed by atoms with Gasteiger partial charge in [0, 0.05) is 25.8 Å². The van der Waals surface area contributed by atoms with Gasteiger partial charge < -0.3 is 15.5 Å². The minimum Gasteiger partial charge on any atom is -0.369 e. The second-order valence-electron chi connectivity index (χ2n) is 5.86. The lowest BCUT2D eigenvalue weighted by Crippen LogP contribution is -2.21. The van der Waals surface area contributed by atoms with Crippen LogP contribution in [-0.4, -0.2) is 57.0 Å². The van der Waals surface area contributed by atoms with E-state index in [1.165, 1.54) is 12.1 Å². The molecule has 0 bridgehead atoms. The predicted octanol–water partition coefficient (Wildman–Crippen LogP) is 0.752. The van der Waals surface area contributed by atoms with Gasteiger partial charge in [-0.3, -0.25) is 0 Å². The van der Waals surface area contributed by atoms with Crippen molar-refractivity contribution in [2.24, 2.45) is 5.14 Å². The molecule has 0 saturated heterocycles. The number of likely N-dealkylation sites (N-methyl/N-ethyl adjacent to an activating group) is 1. The van der Waals surface area contributed by atoms with Crippen LogP contribution in [0.2, 0.25) is 0 Å². The number of nitrogens with zero attached hydrogens (tertiary/aromatic N) is 3. The van der Waals surface area contributed by atoms with E-state index in [4.69, 9.17) is 5.14 Å². The highest BCUT2D eigenvalue weighted by Gasteiger charge is 2.06. The van der Waals surface area contributed by atoms with Gasteiger partial charge in [-0.15, -0.1) is 0 Å². The molecular formula is C16H24N6O2S. The van der Waals surface area contributed by atoms with E-state index in [0.717, 1.165) is 24.5 Å². The Kier molecular flexibility index (Phi) is 6.68. The molecule has 8 nitrogen and oxygen atoms in total. The van der Waals surface area contributed by atoms with Crippen LogP contribution in [0.1, 0.15) is 5.56 Å². The number of hydrogen-bond donors (Lipinski definition) is 3. The SMILES string of the molecule is CN(C)CCNc1ccnc(NCCc2ccc(S(N)(=O)=O)cc2)n1. The van der Waals surface area contributed by atoms with Gasteiger partial charge in [-0.05, 0) is 44.3 Å². The maximum atomic E-state index is 11.2. The molecular weight excluding hydrogens is 340 g/mol. The van der Waals surface area contributed by atoms with Gasteiger partial charge >= 0.3 is 0 Å². The summed E-state index contributed by atoms with van der Waals surface area (Å²) in [5.41, 5.74) is 1.00. The monoisotopic (exact) mass is 364 g/mol. The number of hydrogen-bond acceptors (Lipinski definition) is 7. The van der Waals surface area contributed by atoms with E-state index in [0.29, 0.717) is 18.9 Å². The molecule has 1 aromatic heterocycles. The molecule has 9 heteroatoms. The first-order valence-corrected chi connectivity index (χ1v) is 9.46. The Morgan fingerprint density at radius 2 is 1.80 bits per heavy atom. The number of rotatable bonds is 9. The highest BCUT2D eigenvalue weighted by molar-refractivity contribution is 7.89. The van der Waals surface area contributed by atoms with E-state index in [-0.39, 0.29) is 4.90 Å². The van der Waals surface area contributed by atoms with Crippen LogP contribution < -0.4 is 15.8 Å². The van der Waals surface area contributed by atoms with Crippen LogP contribution in [0.15, 0.2) is 41.4 Å². The van der Waals surface area contributed by atoms with Crippen LogP contribution >= 0.6 is 0 Å². The number of aromatic nitrogens is 2. The van der Waals surface area contributed by atoms with Crippen molar-refractivity contribution < 1.29 is 8.42 Å². The minimum atomic E-state index is -3.65. The first-order chi connectivity index (χ1) is 11.8. The Balaban J connectivity index is 1.83. The summed E-state index contributed by atoms with van der Waals surface area (Å²) >= 11 is 0. The maximum Gasteiger partial charge on any atom is 0.238 e. The molecule has 0 aliphatic rings. The van der Waals surface area contributed by atoms with Crippen LogP contribution in [0, 0.1) is 0 Å². The summed E-state index contributed by atoms with van der Waals surface area (Å²) in [6.07, 6.45) is 2.42. The largest absolute Gasteiger partial charge is 0.369 e.